The van der Waals surface area contributed by atoms with Crippen LogP contribution in [0.4, 0.5) is 0 Å². The lowest BCUT2D eigenvalue weighted by Gasteiger charge is -2.15. The van der Waals surface area contributed by atoms with Crippen molar-refractivity contribution in [2.75, 3.05) is 7.11 Å². The van der Waals surface area contributed by atoms with E-state index in [1.807, 2.05) is 0 Å². The van der Waals surface area contributed by atoms with Gasteiger partial charge in [-0.05, 0) is 53.6 Å². The van der Waals surface area contributed by atoms with Gasteiger partial charge in [-0.1, -0.05) is 11.6 Å². The van der Waals surface area contributed by atoms with Crippen LogP contribution in [-0.4, -0.2) is 37.1 Å². The molecule has 0 aromatic heterocycles. The molecule has 0 fully saturated rings. The molecule has 9 heteroatoms. The smallest absolute Gasteiger partial charge is 0.281 e. The number of ether oxygens (including phenoxy) is 2. The Bertz CT molecular complexity index is 973. The van der Waals surface area contributed by atoms with Crippen LogP contribution in [0.1, 0.15) is 24.0 Å². The fraction of sp³-hybridized carbons (Fsp3) is 0.200. The molecular formula is C20H19ClN4O4. The lowest BCUT2D eigenvalue weighted by Crippen LogP contribution is -2.32. The second kappa shape index (κ2) is 9.20. The van der Waals surface area contributed by atoms with Gasteiger partial charge in [-0.15, -0.1) is 0 Å². The van der Waals surface area contributed by atoms with E-state index < -0.39 is 12.1 Å². The molecule has 1 aliphatic heterocycles. The molecule has 1 aliphatic rings. The van der Waals surface area contributed by atoms with E-state index in [2.05, 4.69) is 15.5 Å². The van der Waals surface area contributed by atoms with Crippen molar-refractivity contribution < 1.29 is 19.1 Å². The van der Waals surface area contributed by atoms with Gasteiger partial charge in [-0.3, -0.25) is 9.59 Å². The van der Waals surface area contributed by atoms with Gasteiger partial charge in [-0.2, -0.15) is 5.10 Å². The largest absolute Gasteiger partial charge is 0.497 e. The minimum Gasteiger partial charge on any atom is -0.497 e. The summed E-state index contributed by atoms with van der Waals surface area (Å²) in [6.07, 6.45) is 1.11. The highest BCUT2D eigenvalue weighted by molar-refractivity contribution is 6.32. The van der Waals surface area contributed by atoms with Crippen molar-refractivity contribution in [2.24, 2.45) is 15.8 Å². The molecule has 29 heavy (non-hydrogen) atoms. The summed E-state index contributed by atoms with van der Waals surface area (Å²) >= 11 is 6.29. The predicted molar refractivity (Wildman–Crippen MR) is 110 cm³/mol. The molecule has 0 saturated heterocycles. The number of aliphatic imine (C=N–C) groups is 1. The monoisotopic (exact) mass is 414 g/mol. The molecule has 0 radical (unpaired) electrons. The minimum atomic E-state index is -1.24. The normalized spacial score (nSPS) is 14.8. The second-order valence-electron chi connectivity index (χ2n) is 6.16. The number of hydrazone groups is 1. The molecule has 1 heterocycles. The number of carbonyl (C=O) groups excluding carboxylic acids is 2. The Kier molecular flexibility index (Phi) is 6.46. The van der Waals surface area contributed by atoms with Gasteiger partial charge >= 0.3 is 0 Å². The molecule has 2 aromatic carbocycles. The number of rotatable bonds is 7. The van der Waals surface area contributed by atoms with E-state index in [1.165, 1.54) is 6.21 Å². The van der Waals surface area contributed by atoms with Crippen LogP contribution >= 0.6 is 11.6 Å². The molecule has 150 valence electrons. The Morgan fingerprint density at radius 1 is 1.28 bits per heavy atom. The van der Waals surface area contributed by atoms with E-state index in [0.717, 1.165) is 11.1 Å². The summed E-state index contributed by atoms with van der Waals surface area (Å²) in [7, 11) is 1.58. The zero-order chi connectivity index (χ0) is 20.8. The third-order valence-electron chi connectivity index (χ3n) is 4.13. The lowest BCUT2D eigenvalue weighted by molar-refractivity contribution is -0.124. The Morgan fingerprint density at radius 3 is 2.62 bits per heavy atom. The quantitative estimate of drug-likeness (QED) is 0.676. The van der Waals surface area contributed by atoms with Crippen LogP contribution in [0, 0.1) is 0 Å². The number of hydrogen-bond donors (Lipinski definition) is 2. The summed E-state index contributed by atoms with van der Waals surface area (Å²) in [4.78, 5) is 27.1. The van der Waals surface area contributed by atoms with Crippen LogP contribution < -0.4 is 20.6 Å². The van der Waals surface area contributed by atoms with Gasteiger partial charge in [0.05, 0.1) is 17.8 Å². The van der Waals surface area contributed by atoms with E-state index in [9.17, 15) is 9.59 Å². The number of primary amides is 1. The predicted octanol–water partition coefficient (Wildman–Crippen LogP) is 2.27. The molecule has 0 spiro atoms. The summed E-state index contributed by atoms with van der Waals surface area (Å²) in [6, 6.07) is 12.1. The van der Waals surface area contributed by atoms with Crippen molar-refractivity contribution >= 4 is 35.3 Å². The number of hydrogen-bond acceptors (Lipinski definition) is 6. The van der Waals surface area contributed by atoms with Gasteiger partial charge in [0.1, 0.15) is 11.5 Å². The van der Waals surface area contributed by atoms with Crippen molar-refractivity contribution in [3.63, 3.8) is 0 Å². The molecule has 1 atom stereocenters. The maximum Gasteiger partial charge on any atom is 0.281 e. The summed E-state index contributed by atoms with van der Waals surface area (Å²) in [5, 5.41) is 4.30. The Balaban J connectivity index is 1.73. The van der Waals surface area contributed by atoms with Gasteiger partial charge in [0, 0.05) is 19.1 Å². The van der Waals surface area contributed by atoms with Crippen LogP contribution in [0.25, 0.3) is 0 Å². The topological polar surface area (TPSA) is 115 Å². The fourth-order valence-corrected chi connectivity index (χ4v) is 2.81. The second-order valence-corrected chi connectivity index (χ2v) is 6.57. The summed E-state index contributed by atoms with van der Waals surface area (Å²) < 4.78 is 10.7. The van der Waals surface area contributed by atoms with Gasteiger partial charge in [0.25, 0.3) is 12.1 Å². The van der Waals surface area contributed by atoms with Crippen molar-refractivity contribution in [1.82, 2.24) is 5.43 Å². The summed E-state index contributed by atoms with van der Waals surface area (Å²) in [6.45, 7) is 0. The van der Waals surface area contributed by atoms with Crippen LogP contribution in [0.2, 0.25) is 5.02 Å². The number of halogens is 1. The number of nitrogens with two attached hydrogens (primary N) is 1. The molecule has 0 bridgehead atoms. The minimum absolute atomic E-state index is 0.126. The molecule has 8 nitrogen and oxygen atoms in total. The summed E-state index contributed by atoms with van der Waals surface area (Å²) in [5.41, 5.74) is 10.1. The highest BCUT2D eigenvalue weighted by Crippen LogP contribution is 2.28. The zero-order valence-corrected chi connectivity index (χ0v) is 16.3. The zero-order valence-electron chi connectivity index (χ0n) is 15.6. The number of benzene rings is 2. The molecule has 0 aliphatic carbocycles. The van der Waals surface area contributed by atoms with Crippen molar-refractivity contribution in [3.8, 4) is 11.5 Å². The Labute approximate surface area is 172 Å². The number of nitrogens with zero attached hydrogens (tertiary/aromatic N) is 2. The van der Waals surface area contributed by atoms with E-state index in [4.69, 9.17) is 26.8 Å². The molecule has 0 saturated carbocycles. The number of carbonyl (C=O) groups is 2. The third kappa shape index (κ3) is 5.32. The maximum atomic E-state index is 11.7. The van der Waals surface area contributed by atoms with Crippen LogP contribution in [0.3, 0.4) is 0 Å². The Morgan fingerprint density at radius 2 is 2.03 bits per heavy atom. The first-order valence-electron chi connectivity index (χ1n) is 8.75. The van der Waals surface area contributed by atoms with Crippen LogP contribution in [0.15, 0.2) is 52.6 Å². The Hall–Kier alpha value is -3.39. The first-order valence-corrected chi connectivity index (χ1v) is 9.12. The van der Waals surface area contributed by atoms with Gasteiger partial charge in [0.15, 0.2) is 0 Å². The van der Waals surface area contributed by atoms with E-state index >= 15 is 0 Å². The molecular weight excluding hydrogens is 396 g/mol. The SMILES string of the molecule is COc1ccc(C=NC(Oc2ccc(C3=NNC(=O)CC3)cc2Cl)C(N)=O)cc1. The van der Waals surface area contributed by atoms with Crippen molar-refractivity contribution in [1.29, 1.82) is 0 Å². The van der Waals surface area contributed by atoms with Crippen molar-refractivity contribution in [3.05, 3.63) is 58.6 Å². The lowest BCUT2D eigenvalue weighted by atomic mass is 10.0. The fourth-order valence-electron chi connectivity index (χ4n) is 2.58. The summed E-state index contributed by atoms with van der Waals surface area (Å²) in [5.74, 6) is 0.0819. The highest BCUT2D eigenvalue weighted by atomic mass is 35.5. The molecule has 1 unspecified atom stereocenters. The standard InChI is InChI=1S/C20H19ClN4O4/c1-28-14-5-2-12(3-6-14)11-23-20(19(22)27)29-17-8-4-13(10-15(17)21)16-7-9-18(26)25-24-16/h2-6,8,10-11,20H,7,9H2,1H3,(H2,22,27)(H,25,26). The number of methoxy groups -OCH3 is 1. The molecule has 3 rings (SSSR count). The maximum absolute atomic E-state index is 11.7. The van der Waals surface area contributed by atoms with E-state index in [-0.39, 0.29) is 16.7 Å². The number of nitrogens with one attached hydrogen (secondary N) is 1. The van der Waals surface area contributed by atoms with Gasteiger partial charge in [-0.25, -0.2) is 10.4 Å². The van der Waals surface area contributed by atoms with Crippen LogP contribution in [0.5, 0.6) is 11.5 Å². The number of amides is 2. The van der Waals surface area contributed by atoms with Crippen molar-refractivity contribution in [2.45, 2.75) is 19.1 Å². The first kappa shape index (κ1) is 20.3. The average Bonchev–Trinajstić information content (AvgIpc) is 2.73. The molecule has 2 aromatic rings. The highest BCUT2D eigenvalue weighted by Gasteiger charge is 2.19. The van der Waals surface area contributed by atoms with E-state index in [1.54, 1.807) is 49.6 Å². The van der Waals surface area contributed by atoms with Gasteiger partial charge in [0.2, 0.25) is 5.91 Å². The van der Waals surface area contributed by atoms with Gasteiger partial charge < -0.3 is 15.2 Å². The molecule has 3 N–H and O–H groups in total. The van der Waals surface area contributed by atoms with E-state index in [0.29, 0.717) is 24.3 Å². The third-order valence-corrected chi connectivity index (χ3v) is 4.42. The molecule has 2 amide bonds. The first-order chi connectivity index (χ1) is 14.0. The van der Waals surface area contributed by atoms with Crippen LogP contribution in [-0.2, 0) is 9.59 Å². The average molecular weight is 415 g/mol.